The molecular weight excluding hydrogens is 360 g/mol. The molecule has 0 aliphatic carbocycles. The molecule has 0 spiro atoms. The summed E-state index contributed by atoms with van der Waals surface area (Å²) in [6, 6.07) is 27.5. The van der Waals surface area contributed by atoms with Crippen LogP contribution >= 0.6 is 15.9 Å². The van der Waals surface area contributed by atoms with Gasteiger partial charge in [0.2, 0.25) is 0 Å². The Morgan fingerprint density at radius 1 is 0.708 bits per heavy atom. The lowest BCUT2D eigenvalue weighted by atomic mass is 9.98. The van der Waals surface area contributed by atoms with Crippen molar-refractivity contribution in [2.45, 2.75) is 19.4 Å². The highest BCUT2D eigenvalue weighted by atomic mass is 79.9. The van der Waals surface area contributed by atoms with Crippen LogP contribution in [0.25, 0.3) is 0 Å². The topological polar surface area (TPSA) is 9.23 Å². The van der Waals surface area contributed by atoms with Gasteiger partial charge in [-0.1, -0.05) is 82.7 Å². The van der Waals surface area contributed by atoms with Crippen molar-refractivity contribution in [2.75, 3.05) is 6.61 Å². The molecule has 0 aliphatic rings. The van der Waals surface area contributed by atoms with Crippen LogP contribution in [0, 0.1) is 0 Å². The Balaban J connectivity index is 1.60. The summed E-state index contributed by atoms with van der Waals surface area (Å²) < 4.78 is 6.98. The van der Waals surface area contributed by atoms with Crippen LogP contribution in [0.5, 0.6) is 0 Å². The van der Waals surface area contributed by atoms with Crippen LogP contribution in [0.15, 0.2) is 83.3 Å². The third kappa shape index (κ3) is 5.05. The van der Waals surface area contributed by atoms with Crippen LogP contribution in [0.3, 0.4) is 0 Å². The summed E-state index contributed by atoms with van der Waals surface area (Å²) in [6.07, 6.45) is 1.89. The van der Waals surface area contributed by atoms with Crippen molar-refractivity contribution in [1.82, 2.24) is 0 Å². The summed E-state index contributed by atoms with van der Waals surface area (Å²) in [5.74, 6) is 0. The molecule has 0 aliphatic heterocycles. The van der Waals surface area contributed by atoms with Crippen LogP contribution < -0.4 is 0 Å². The van der Waals surface area contributed by atoms with Crippen molar-refractivity contribution in [1.29, 1.82) is 0 Å². The Morgan fingerprint density at radius 2 is 1.38 bits per heavy atom. The van der Waals surface area contributed by atoms with Gasteiger partial charge in [0.15, 0.2) is 0 Å². The first-order valence-electron chi connectivity index (χ1n) is 8.24. The predicted octanol–water partition coefficient (Wildman–Crippen LogP) is 5.80. The summed E-state index contributed by atoms with van der Waals surface area (Å²) in [5, 5.41) is 0. The van der Waals surface area contributed by atoms with E-state index in [1.807, 2.05) is 18.2 Å². The van der Waals surface area contributed by atoms with Crippen LogP contribution in [0.2, 0.25) is 0 Å². The van der Waals surface area contributed by atoms with E-state index in [1.54, 1.807) is 0 Å². The van der Waals surface area contributed by atoms with Gasteiger partial charge in [-0.25, -0.2) is 0 Å². The van der Waals surface area contributed by atoms with Crippen LogP contribution in [0.4, 0.5) is 0 Å². The number of ether oxygens (including phenoxy) is 1. The van der Waals surface area contributed by atoms with Gasteiger partial charge in [0.25, 0.3) is 0 Å². The summed E-state index contributed by atoms with van der Waals surface area (Å²) in [4.78, 5) is 0. The van der Waals surface area contributed by atoms with E-state index < -0.39 is 0 Å². The number of hydrogen-bond donors (Lipinski definition) is 0. The fraction of sp³-hybridized carbons (Fsp3) is 0.182. The van der Waals surface area contributed by atoms with Crippen molar-refractivity contribution in [3.8, 4) is 0 Å². The molecule has 0 bridgehead atoms. The van der Waals surface area contributed by atoms with Crippen molar-refractivity contribution in [3.05, 3.63) is 106 Å². The molecule has 24 heavy (non-hydrogen) atoms. The molecule has 3 aromatic carbocycles. The van der Waals surface area contributed by atoms with E-state index >= 15 is 0 Å². The molecule has 3 rings (SSSR count). The summed E-state index contributed by atoms with van der Waals surface area (Å²) in [6.45, 7) is 1.40. The Labute approximate surface area is 152 Å². The first kappa shape index (κ1) is 16.9. The zero-order valence-electron chi connectivity index (χ0n) is 13.6. The summed E-state index contributed by atoms with van der Waals surface area (Å²) in [5.41, 5.74) is 5.27. The zero-order chi connectivity index (χ0) is 16.6. The average molecular weight is 381 g/mol. The number of rotatable bonds is 7. The maximum Gasteiger partial charge on any atom is 0.0717 e. The van der Waals surface area contributed by atoms with E-state index in [0.717, 1.165) is 23.9 Å². The first-order chi connectivity index (χ1) is 11.8. The fourth-order valence-corrected chi connectivity index (χ4v) is 3.17. The van der Waals surface area contributed by atoms with Gasteiger partial charge >= 0.3 is 0 Å². The van der Waals surface area contributed by atoms with E-state index in [4.69, 9.17) is 4.74 Å². The summed E-state index contributed by atoms with van der Waals surface area (Å²) in [7, 11) is 0. The van der Waals surface area contributed by atoms with Gasteiger partial charge in [-0.05, 0) is 47.2 Å². The second-order valence-electron chi connectivity index (χ2n) is 5.86. The monoisotopic (exact) mass is 380 g/mol. The molecule has 0 unspecified atom stereocenters. The molecule has 0 N–H and O–H groups in total. The molecule has 122 valence electrons. The van der Waals surface area contributed by atoms with E-state index in [0.29, 0.717) is 6.61 Å². The average Bonchev–Trinajstić information content (AvgIpc) is 2.63. The van der Waals surface area contributed by atoms with Gasteiger partial charge in [-0.2, -0.15) is 0 Å². The first-order valence-corrected chi connectivity index (χ1v) is 9.03. The highest BCUT2D eigenvalue weighted by Gasteiger charge is 2.05. The predicted molar refractivity (Wildman–Crippen MR) is 103 cm³/mol. The highest BCUT2D eigenvalue weighted by molar-refractivity contribution is 9.10. The molecule has 0 atom stereocenters. The minimum atomic E-state index is 0.670. The second-order valence-corrected chi connectivity index (χ2v) is 6.78. The Hall–Kier alpha value is -1.90. The van der Waals surface area contributed by atoms with Gasteiger partial charge in [0, 0.05) is 4.47 Å². The molecule has 1 nitrogen and oxygen atoms in total. The van der Waals surface area contributed by atoms with Crippen molar-refractivity contribution < 1.29 is 4.74 Å². The van der Waals surface area contributed by atoms with Crippen LogP contribution in [0.1, 0.15) is 22.3 Å². The Morgan fingerprint density at radius 3 is 2.08 bits per heavy atom. The lowest BCUT2D eigenvalue weighted by molar-refractivity contribution is 0.123. The molecule has 0 saturated carbocycles. The number of halogens is 1. The third-order valence-corrected chi connectivity index (χ3v) is 4.53. The smallest absolute Gasteiger partial charge is 0.0717 e. The zero-order valence-corrected chi connectivity index (χ0v) is 15.2. The molecule has 0 heterocycles. The SMILES string of the molecule is Brc1ccc(Cc2ccccc2)c(CCOCc2ccccc2)c1. The van der Waals surface area contributed by atoms with Crippen molar-refractivity contribution >= 4 is 15.9 Å². The van der Waals surface area contributed by atoms with E-state index in [1.165, 1.54) is 22.3 Å². The maximum absolute atomic E-state index is 5.85. The maximum atomic E-state index is 5.85. The molecule has 0 saturated heterocycles. The minimum absolute atomic E-state index is 0.670. The molecule has 0 radical (unpaired) electrons. The Bertz CT molecular complexity index is 753. The quantitative estimate of drug-likeness (QED) is 0.470. The van der Waals surface area contributed by atoms with Crippen molar-refractivity contribution in [3.63, 3.8) is 0 Å². The molecule has 0 amide bonds. The van der Waals surface area contributed by atoms with Crippen LogP contribution in [-0.4, -0.2) is 6.61 Å². The molecule has 2 heteroatoms. The van der Waals surface area contributed by atoms with Gasteiger partial charge in [-0.15, -0.1) is 0 Å². The lowest BCUT2D eigenvalue weighted by Gasteiger charge is -2.11. The Kier molecular flexibility index (Phi) is 6.22. The van der Waals surface area contributed by atoms with E-state index in [2.05, 4.69) is 76.6 Å². The normalized spacial score (nSPS) is 10.7. The van der Waals surface area contributed by atoms with Gasteiger partial charge in [0.05, 0.1) is 13.2 Å². The fourth-order valence-electron chi connectivity index (χ4n) is 2.76. The van der Waals surface area contributed by atoms with Gasteiger partial charge in [-0.3, -0.25) is 0 Å². The van der Waals surface area contributed by atoms with Crippen molar-refractivity contribution in [2.24, 2.45) is 0 Å². The largest absolute Gasteiger partial charge is 0.376 e. The van der Waals surface area contributed by atoms with Gasteiger partial charge in [0.1, 0.15) is 0 Å². The van der Waals surface area contributed by atoms with Crippen LogP contribution in [-0.2, 0) is 24.2 Å². The minimum Gasteiger partial charge on any atom is -0.376 e. The molecule has 0 fully saturated rings. The second kappa shape index (κ2) is 8.81. The van der Waals surface area contributed by atoms with E-state index in [-0.39, 0.29) is 0 Å². The molecular formula is C22H21BrO. The van der Waals surface area contributed by atoms with E-state index in [9.17, 15) is 0 Å². The highest BCUT2D eigenvalue weighted by Crippen LogP contribution is 2.20. The number of benzene rings is 3. The number of hydrogen-bond acceptors (Lipinski definition) is 1. The lowest BCUT2D eigenvalue weighted by Crippen LogP contribution is -2.03. The standard InChI is InChI=1S/C22H21BrO/c23-22-12-11-20(15-18-7-3-1-4-8-18)21(16-22)13-14-24-17-19-9-5-2-6-10-19/h1-12,16H,13-15,17H2. The molecule has 0 aromatic heterocycles. The third-order valence-electron chi connectivity index (χ3n) is 4.03. The molecule has 3 aromatic rings. The summed E-state index contributed by atoms with van der Waals surface area (Å²) >= 11 is 3.59. The van der Waals surface area contributed by atoms with Gasteiger partial charge < -0.3 is 4.74 Å².